The summed E-state index contributed by atoms with van der Waals surface area (Å²) < 4.78 is 11.8. The predicted molar refractivity (Wildman–Crippen MR) is 149 cm³/mol. The number of hydrogen-bond acceptors (Lipinski definition) is 5. The molecule has 38 heavy (non-hydrogen) atoms. The highest BCUT2D eigenvalue weighted by Gasteiger charge is 2.34. The lowest BCUT2D eigenvalue weighted by Gasteiger charge is -2.35. The quantitative estimate of drug-likeness (QED) is 0.612. The summed E-state index contributed by atoms with van der Waals surface area (Å²) >= 11 is 0. The first kappa shape index (κ1) is 29.1. The van der Waals surface area contributed by atoms with Gasteiger partial charge in [0.2, 0.25) is 11.8 Å². The lowest BCUT2D eigenvalue weighted by atomic mass is 9.98. The average Bonchev–Trinajstić information content (AvgIpc) is 2.89. The molecular formula is C30H39N3O5. The molecule has 0 saturated heterocycles. The molecule has 0 spiro atoms. The second kappa shape index (κ2) is 13.3. The number of para-hydroxylation sites is 1. The van der Waals surface area contributed by atoms with E-state index < -0.39 is 18.2 Å². The largest absolute Gasteiger partial charge is 0.377 e. The van der Waals surface area contributed by atoms with E-state index in [-0.39, 0.29) is 36.1 Å². The maximum atomic E-state index is 13.8. The van der Waals surface area contributed by atoms with Gasteiger partial charge in [-0.25, -0.2) is 0 Å². The van der Waals surface area contributed by atoms with Crippen molar-refractivity contribution in [2.24, 2.45) is 11.8 Å². The molecule has 8 nitrogen and oxygen atoms in total. The van der Waals surface area contributed by atoms with Gasteiger partial charge in [-0.3, -0.25) is 14.4 Å². The van der Waals surface area contributed by atoms with E-state index in [1.165, 1.54) is 6.08 Å². The SMILES string of the molecule is CO[C@@H]1c2ccccc2NC(=O)c2cccc(c2)/C=C/C(=O)N[C@@H](C(C)C)C(=O)N(CC(C)C)C[C@H]1OC. The summed E-state index contributed by atoms with van der Waals surface area (Å²) in [6.07, 6.45) is 1.91. The van der Waals surface area contributed by atoms with Gasteiger partial charge in [0.05, 0.1) is 0 Å². The number of benzene rings is 2. The highest BCUT2D eigenvalue weighted by molar-refractivity contribution is 6.05. The van der Waals surface area contributed by atoms with Gasteiger partial charge in [-0.2, -0.15) is 0 Å². The number of amides is 3. The maximum Gasteiger partial charge on any atom is 0.255 e. The second-order valence-corrected chi connectivity index (χ2v) is 10.3. The third-order valence-electron chi connectivity index (χ3n) is 6.51. The molecule has 2 aromatic rings. The van der Waals surface area contributed by atoms with E-state index in [2.05, 4.69) is 10.6 Å². The standard InChI is InChI=1S/C30H39N3O5/c1-19(2)17-33-18-25(37-5)28(38-6)23-12-7-8-13-24(23)31-29(35)22-11-9-10-21(16-22)14-15-26(34)32-27(20(3)4)30(33)36/h7-16,19-20,25,27-28H,17-18H2,1-6H3,(H,31,35)(H,32,34)/b15-14+/t25-,27+,28-/m1/s1. The lowest BCUT2D eigenvalue weighted by Crippen LogP contribution is -2.54. The lowest BCUT2D eigenvalue weighted by molar-refractivity contribution is -0.141. The summed E-state index contributed by atoms with van der Waals surface area (Å²) in [5.74, 6) is -0.803. The number of nitrogens with one attached hydrogen (secondary N) is 2. The van der Waals surface area contributed by atoms with Crippen LogP contribution in [0.5, 0.6) is 0 Å². The zero-order valence-electron chi connectivity index (χ0n) is 23.1. The van der Waals surface area contributed by atoms with Crippen LogP contribution in [-0.2, 0) is 19.1 Å². The van der Waals surface area contributed by atoms with Crippen molar-refractivity contribution in [1.82, 2.24) is 10.2 Å². The number of hydrogen-bond donors (Lipinski definition) is 2. The number of anilines is 1. The van der Waals surface area contributed by atoms with E-state index in [9.17, 15) is 14.4 Å². The smallest absolute Gasteiger partial charge is 0.255 e. The summed E-state index contributed by atoms with van der Waals surface area (Å²) in [6.45, 7) is 8.61. The van der Waals surface area contributed by atoms with Crippen molar-refractivity contribution in [2.75, 3.05) is 32.6 Å². The molecule has 1 heterocycles. The van der Waals surface area contributed by atoms with Crippen molar-refractivity contribution in [1.29, 1.82) is 0 Å². The normalized spacial score (nSPS) is 22.1. The van der Waals surface area contributed by atoms with Gasteiger partial charge >= 0.3 is 0 Å². The van der Waals surface area contributed by atoms with Crippen LogP contribution in [0.15, 0.2) is 54.6 Å². The highest BCUT2D eigenvalue weighted by Crippen LogP contribution is 2.31. The molecule has 0 aromatic heterocycles. The van der Waals surface area contributed by atoms with Crippen LogP contribution in [0.4, 0.5) is 5.69 Å². The molecular weight excluding hydrogens is 482 g/mol. The molecule has 2 N–H and O–H groups in total. The van der Waals surface area contributed by atoms with Crippen LogP contribution in [0, 0.1) is 11.8 Å². The summed E-state index contributed by atoms with van der Waals surface area (Å²) in [4.78, 5) is 41.6. The van der Waals surface area contributed by atoms with Crippen LogP contribution >= 0.6 is 0 Å². The Hall–Kier alpha value is -3.49. The Balaban J connectivity index is 2.14. The third kappa shape index (κ3) is 7.30. The molecule has 2 bridgehead atoms. The molecule has 0 unspecified atom stereocenters. The van der Waals surface area contributed by atoms with Crippen molar-refractivity contribution < 1.29 is 23.9 Å². The van der Waals surface area contributed by atoms with Gasteiger partial charge < -0.3 is 25.0 Å². The fraction of sp³-hybridized carbons (Fsp3) is 0.433. The fourth-order valence-corrected chi connectivity index (χ4v) is 4.61. The molecule has 8 heteroatoms. The van der Waals surface area contributed by atoms with Crippen LogP contribution < -0.4 is 10.6 Å². The number of fused-ring (bicyclic) bond motifs is 3. The molecule has 3 amide bonds. The van der Waals surface area contributed by atoms with E-state index >= 15 is 0 Å². The summed E-state index contributed by atoms with van der Waals surface area (Å²) in [7, 11) is 3.16. The van der Waals surface area contributed by atoms with Crippen LogP contribution in [0.2, 0.25) is 0 Å². The third-order valence-corrected chi connectivity index (χ3v) is 6.51. The van der Waals surface area contributed by atoms with Crippen molar-refractivity contribution >= 4 is 29.5 Å². The fourth-order valence-electron chi connectivity index (χ4n) is 4.61. The zero-order chi connectivity index (χ0) is 27.8. The molecule has 0 saturated carbocycles. The maximum absolute atomic E-state index is 13.8. The minimum absolute atomic E-state index is 0.137. The Bertz CT molecular complexity index is 1160. The molecule has 2 aromatic carbocycles. The van der Waals surface area contributed by atoms with Crippen molar-refractivity contribution in [3.05, 3.63) is 71.3 Å². The first-order valence-corrected chi connectivity index (χ1v) is 13.0. The van der Waals surface area contributed by atoms with Gasteiger partial charge in [0.15, 0.2) is 0 Å². The van der Waals surface area contributed by atoms with Crippen LogP contribution in [0.25, 0.3) is 6.08 Å². The average molecular weight is 522 g/mol. The van der Waals surface area contributed by atoms with E-state index in [4.69, 9.17) is 9.47 Å². The van der Waals surface area contributed by atoms with Gasteiger partial charge in [-0.1, -0.05) is 58.0 Å². The topological polar surface area (TPSA) is 97.0 Å². The van der Waals surface area contributed by atoms with Gasteiger partial charge in [-0.15, -0.1) is 0 Å². The van der Waals surface area contributed by atoms with Gasteiger partial charge in [-0.05, 0) is 41.7 Å². The Morgan fingerprint density at radius 1 is 0.947 bits per heavy atom. The van der Waals surface area contributed by atoms with Crippen LogP contribution in [-0.4, -0.2) is 62.1 Å². The molecule has 0 fully saturated rings. The first-order chi connectivity index (χ1) is 18.1. The van der Waals surface area contributed by atoms with Crippen molar-refractivity contribution in [2.45, 2.75) is 45.9 Å². The molecule has 1 aliphatic rings. The van der Waals surface area contributed by atoms with E-state index in [0.29, 0.717) is 23.4 Å². The number of nitrogens with zero attached hydrogens (tertiary/aromatic N) is 1. The minimum Gasteiger partial charge on any atom is -0.377 e. The Labute approximate surface area is 225 Å². The summed E-state index contributed by atoms with van der Waals surface area (Å²) in [5, 5.41) is 5.88. The number of carbonyl (C=O) groups is 3. The molecule has 204 valence electrons. The Kier molecular flexibility index (Phi) is 10.2. The van der Waals surface area contributed by atoms with Gasteiger partial charge in [0, 0.05) is 50.2 Å². The van der Waals surface area contributed by atoms with Crippen molar-refractivity contribution in [3.8, 4) is 0 Å². The monoisotopic (exact) mass is 521 g/mol. The number of methoxy groups -OCH3 is 2. The van der Waals surface area contributed by atoms with Crippen LogP contribution in [0.3, 0.4) is 0 Å². The Morgan fingerprint density at radius 3 is 2.34 bits per heavy atom. The van der Waals surface area contributed by atoms with Crippen molar-refractivity contribution in [3.63, 3.8) is 0 Å². The van der Waals surface area contributed by atoms with E-state index in [1.54, 1.807) is 43.4 Å². The van der Waals surface area contributed by atoms with E-state index in [0.717, 1.165) is 5.56 Å². The number of carbonyl (C=O) groups excluding carboxylic acids is 3. The first-order valence-electron chi connectivity index (χ1n) is 13.0. The minimum atomic E-state index is -0.720. The second-order valence-electron chi connectivity index (χ2n) is 10.3. The molecule has 3 atom stereocenters. The van der Waals surface area contributed by atoms with Gasteiger partial charge in [0.1, 0.15) is 18.2 Å². The predicted octanol–water partition coefficient (Wildman–Crippen LogP) is 4.29. The summed E-state index contributed by atoms with van der Waals surface area (Å²) in [6, 6.07) is 13.7. The van der Waals surface area contributed by atoms with Gasteiger partial charge in [0.25, 0.3) is 5.91 Å². The number of ether oxygens (including phenoxy) is 2. The number of rotatable bonds is 5. The molecule has 0 radical (unpaired) electrons. The van der Waals surface area contributed by atoms with E-state index in [1.807, 2.05) is 58.0 Å². The molecule has 3 rings (SSSR count). The Morgan fingerprint density at radius 2 is 1.68 bits per heavy atom. The molecule has 0 aliphatic carbocycles. The van der Waals surface area contributed by atoms with Crippen LogP contribution in [0.1, 0.15) is 55.3 Å². The highest BCUT2D eigenvalue weighted by atomic mass is 16.5. The molecule has 1 aliphatic heterocycles. The zero-order valence-corrected chi connectivity index (χ0v) is 23.1. The summed E-state index contributed by atoms with van der Waals surface area (Å²) in [5.41, 5.74) is 2.47.